The maximum Gasteiger partial charge on any atom is 0.244 e. The summed E-state index contributed by atoms with van der Waals surface area (Å²) in [6.07, 6.45) is 3.51. The molecule has 1 aromatic rings. The third-order valence-electron chi connectivity index (χ3n) is 5.11. The van der Waals surface area contributed by atoms with Gasteiger partial charge in [0.15, 0.2) is 0 Å². The van der Waals surface area contributed by atoms with Gasteiger partial charge in [0, 0.05) is 5.69 Å². The Morgan fingerprint density at radius 1 is 1.13 bits per heavy atom. The molecule has 2 aliphatic rings. The van der Waals surface area contributed by atoms with E-state index in [1.165, 1.54) is 0 Å². The zero-order chi connectivity index (χ0) is 16.6. The highest BCUT2D eigenvalue weighted by atomic mass is 16.2. The van der Waals surface area contributed by atoms with Crippen molar-refractivity contribution in [3.05, 3.63) is 29.3 Å². The number of nitrogens with one attached hydrogen (secondary N) is 1. The lowest BCUT2D eigenvalue weighted by atomic mass is 9.81. The number of benzene rings is 1. The lowest BCUT2D eigenvalue weighted by Crippen LogP contribution is -2.38. The van der Waals surface area contributed by atoms with Crippen LogP contribution in [0.5, 0.6) is 0 Å². The van der Waals surface area contributed by atoms with Crippen LogP contribution in [0.4, 0.5) is 5.69 Å². The Hall–Kier alpha value is -2.17. The van der Waals surface area contributed by atoms with Crippen LogP contribution in [-0.2, 0) is 14.4 Å². The second-order valence-corrected chi connectivity index (χ2v) is 6.56. The molecule has 1 aliphatic carbocycles. The fraction of sp³-hybridized carbons (Fsp3) is 0.500. The van der Waals surface area contributed by atoms with Gasteiger partial charge in [-0.2, -0.15) is 0 Å². The van der Waals surface area contributed by atoms with Gasteiger partial charge >= 0.3 is 0 Å². The van der Waals surface area contributed by atoms with Gasteiger partial charge in [-0.1, -0.05) is 25.0 Å². The zero-order valence-corrected chi connectivity index (χ0v) is 13.6. The van der Waals surface area contributed by atoms with Crippen molar-refractivity contribution in [2.75, 3.05) is 11.9 Å². The van der Waals surface area contributed by atoms with Gasteiger partial charge in [-0.15, -0.1) is 0 Å². The first-order chi connectivity index (χ1) is 11.0. The second kappa shape index (κ2) is 6.14. The highest BCUT2D eigenvalue weighted by Gasteiger charge is 2.48. The number of hydrogen-bond donors (Lipinski definition) is 1. The molecule has 1 N–H and O–H groups in total. The van der Waals surface area contributed by atoms with Crippen LogP contribution in [0, 0.1) is 25.7 Å². The molecule has 0 spiro atoms. The molecule has 3 amide bonds. The van der Waals surface area contributed by atoms with Crippen LogP contribution < -0.4 is 5.32 Å². The molecule has 0 aromatic heterocycles. The van der Waals surface area contributed by atoms with Crippen LogP contribution in [0.15, 0.2) is 18.2 Å². The number of carbonyl (C=O) groups excluding carboxylic acids is 3. The van der Waals surface area contributed by atoms with E-state index in [1.807, 2.05) is 32.0 Å². The summed E-state index contributed by atoms with van der Waals surface area (Å²) in [6.45, 7) is 3.73. The number of imide groups is 1. The van der Waals surface area contributed by atoms with E-state index in [0.717, 1.165) is 47.4 Å². The summed E-state index contributed by atoms with van der Waals surface area (Å²) >= 11 is 0. The molecule has 5 nitrogen and oxygen atoms in total. The van der Waals surface area contributed by atoms with E-state index < -0.39 is 0 Å². The van der Waals surface area contributed by atoms with Crippen molar-refractivity contribution in [3.63, 3.8) is 0 Å². The van der Waals surface area contributed by atoms with E-state index in [-0.39, 0.29) is 36.1 Å². The van der Waals surface area contributed by atoms with E-state index in [0.29, 0.717) is 0 Å². The average Bonchev–Trinajstić information content (AvgIpc) is 2.77. The summed E-state index contributed by atoms with van der Waals surface area (Å²) < 4.78 is 0. The molecule has 2 fully saturated rings. The smallest absolute Gasteiger partial charge is 0.244 e. The molecule has 2 unspecified atom stereocenters. The van der Waals surface area contributed by atoms with Gasteiger partial charge in [0.2, 0.25) is 17.7 Å². The number of carbonyl (C=O) groups is 3. The lowest BCUT2D eigenvalue weighted by molar-refractivity contribution is -0.142. The zero-order valence-electron chi connectivity index (χ0n) is 13.6. The fourth-order valence-electron chi connectivity index (χ4n) is 3.61. The number of fused-ring (bicyclic) bond motifs is 1. The van der Waals surface area contributed by atoms with Gasteiger partial charge < -0.3 is 5.32 Å². The first-order valence-corrected chi connectivity index (χ1v) is 8.20. The predicted molar refractivity (Wildman–Crippen MR) is 86.7 cm³/mol. The molecule has 0 radical (unpaired) electrons. The molecular formula is C18H22N2O3. The fourth-order valence-corrected chi connectivity index (χ4v) is 3.61. The van der Waals surface area contributed by atoms with Crippen LogP contribution in [0.2, 0.25) is 0 Å². The van der Waals surface area contributed by atoms with Crippen LogP contribution in [0.1, 0.15) is 36.8 Å². The van der Waals surface area contributed by atoms with Gasteiger partial charge in [0.1, 0.15) is 6.54 Å². The molecule has 0 bridgehead atoms. The molecule has 122 valence electrons. The minimum Gasteiger partial charge on any atom is -0.324 e. The van der Waals surface area contributed by atoms with Crippen LogP contribution >= 0.6 is 0 Å². The standard InChI is InChI=1S/C18H22N2O3/c1-11-6-5-9-15(12(11)2)19-16(21)10-20-17(22)13-7-3-4-8-14(13)18(20)23/h5-6,9,13-14H,3-4,7-8,10H2,1-2H3,(H,19,21). The summed E-state index contributed by atoms with van der Waals surface area (Å²) in [5.74, 6) is -1.07. The molecule has 1 saturated carbocycles. The average molecular weight is 314 g/mol. The maximum absolute atomic E-state index is 12.4. The number of nitrogens with zero attached hydrogens (tertiary/aromatic N) is 1. The van der Waals surface area contributed by atoms with Crippen molar-refractivity contribution in [2.24, 2.45) is 11.8 Å². The van der Waals surface area contributed by atoms with Crippen molar-refractivity contribution >= 4 is 23.4 Å². The Balaban J connectivity index is 1.69. The lowest BCUT2D eigenvalue weighted by Gasteiger charge is -2.19. The Morgan fingerprint density at radius 3 is 2.35 bits per heavy atom. The van der Waals surface area contributed by atoms with Gasteiger partial charge in [-0.3, -0.25) is 19.3 Å². The first-order valence-electron chi connectivity index (χ1n) is 8.20. The van der Waals surface area contributed by atoms with Crippen molar-refractivity contribution in [3.8, 4) is 0 Å². The Kier molecular flexibility index (Phi) is 4.20. The normalized spacial score (nSPS) is 23.8. The van der Waals surface area contributed by atoms with Crippen molar-refractivity contribution in [2.45, 2.75) is 39.5 Å². The molecule has 2 atom stereocenters. The molecular weight excluding hydrogens is 292 g/mol. The van der Waals surface area contributed by atoms with E-state index >= 15 is 0 Å². The summed E-state index contributed by atoms with van der Waals surface area (Å²) in [6, 6.07) is 5.68. The largest absolute Gasteiger partial charge is 0.324 e. The SMILES string of the molecule is Cc1cccc(NC(=O)CN2C(=O)C3CCCCC3C2=O)c1C. The minimum absolute atomic E-state index is 0.171. The van der Waals surface area contributed by atoms with Crippen molar-refractivity contribution in [1.82, 2.24) is 4.90 Å². The Labute approximate surface area is 136 Å². The van der Waals surface area contributed by atoms with Crippen LogP contribution in [0.25, 0.3) is 0 Å². The van der Waals surface area contributed by atoms with Gasteiger partial charge in [-0.25, -0.2) is 0 Å². The first kappa shape index (κ1) is 15.7. The van der Waals surface area contributed by atoms with Gasteiger partial charge in [0.05, 0.1) is 11.8 Å². The molecule has 1 saturated heterocycles. The predicted octanol–water partition coefficient (Wildman–Crippen LogP) is 2.42. The number of aryl methyl sites for hydroxylation is 1. The Bertz CT molecular complexity index is 644. The molecule has 1 aliphatic heterocycles. The molecule has 23 heavy (non-hydrogen) atoms. The molecule has 3 rings (SSSR count). The number of amides is 3. The summed E-state index contributed by atoms with van der Waals surface area (Å²) in [5, 5.41) is 2.82. The number of rotatable bonds is 3. The van der Waals surface area contributed by atoms with Crippen LogP contribution in [-0.4, -0.2) is 29.2 Å². The maximum atomic E-state index is 12.4. The van der Waals surface area contributed by atoms with Gasteiger partial charge in [0.25, 0.3) is 0 Å². The second-order valence-electron chi connectivity index (χ2n) is 6.56. The highest BCUT2D eigenvalue weighted by molar-refractivity contribution is 6.08. The number of likely N-dealkylation sites (tertiary alicyclic amines) is 1. The number of anilines is 1. The topological polar surface area (TPSA) is 66.5 Å². The summed E-state index contributed by atoms with van der Waals surface area (Å²) in [5.41, 5.74) is 2.81. The number of hydrogen-bond acceptors (Lipinski definition) is 3. The molecule has 1 heterocycles. The van der Waals surface area contributed by atoms with Gasteiger partial charge in [-0.05, 0) is 43.9 Å². The van der Waals surface area contributed by atoms with E-state index in [4.69, 9.17) is 0 Å². The molecule has 1 aromatic carbocycles. The molecule has 5 heteroatoms. The van der Waals surface area contributed by atoms with E-state index in [2.05, 4.69) is 5.32 Å². The Morgan fingerprint density at radius 2 is 1.74 bits per heavy atom. The van der Waals surface area contributed by atoms with Crippen molar-refractivity contribution < 1.29 is 14.4 Å². The highest BCUT2D eigenvalue weighted by Crippen LogP contribution is 2.37. The third-order valence-corrected chi connectivity index (χ3v) is 5.11. The quantitative estimate of drug-likeness (QED) is 0.871. The van der Waals surface area contributed by atoms with E-state index in [1.54, 1.807) is 0 Å². The monoisotopic (exact) mass is 314 g/mol. The van der Waals surface area contributed by atoms with E-state index in [9.17, 15) is 14.4 Å². The van der Waals surface area contributed by atoms with Crippen LogP contribution in [0.3, 0.4) is 0 Å². The summed E-state index contributed by atoms with van der Waals surface area (Å²) in [4.78, 5) is 38.2. The third kappa shape index (κ3) is 2.87. The van der Waals surface area contributed by atoms with Crippen molar-refractivity contribution in [1.29, 1.82) is 0 Å². The summed E-state index contributed by atoms with van der Waals surface area (Å²) in [7, 11) is 0. The minimum atomic E-state index is -0.320.